The summed E-state index contributed by atoms with van der Waals surface area (Å²) in [6.07, 6.45) is 3.61. The SMILES string of the molecule is C/C=C(NCc1ccc(Br)cc1C(=O)OC)\C(=C/C)C(C)=O. The lowest BCUT2D eigenvalue weighted by molar-refractivity contribution is -0.113. The molecule has 1 rings (SSSR count). The van der Waals surface area contributed by atoms with Crippen LogP contribution < -0.4 is 5.32 Å². The fourth-order valence-electron chi connectivity index (χ4n) is 2.09. The van der Waals surface area contributed by atoms with Crippen molar-refractivity contribution < 1.29 is 14.3 Å². The fourth-order valence-corrected chi connectivity index (χ4v) is 2.46. The summed E-state index contributed by atoms with van der Waals surface area (Å²) in [6, 6.07) is 5.43. The van der Waals surface area contributed by atoms with Crippen molar-refractivity contribution in [2.45, 2.75) is 27.3 Å². The minimum Gasteiger partial charge on any atom is -0.465 e. The molecule has 22 heavy (non-hydrogen) atoms. The van der Waals surface area contributed by atoms with Gasteiger partial charge in [-0.15, -0.1) is 0 Å². The van der Waals surface area contributed by atoms with E-state index in [1.54, 1.807) is 12.1 Å². The van der Waals surface area contributed by atoms with Gasteiger partial charge in [0.15, 0.2) is 5.78 Å². The van der Waals surface area contributed by atoms with E-state index in [1.807, 2.05) is 32.1 Å². The fraction of sp³-hybridized carbons (Fsp3) is 0.294. The number of esters is 1. The van der Waals surface area contributed by atoms with Crippen molar-refractivity contribution in [2.24, 2.45) is 0 Å². The quantitative estimate of drug-likeness (QED) is 0.473. The van der Waals surface area contributed by atoms with Gasteiger partial charge in [-0.1, -0.05) is 34.1 Å². The molecular weight excluding hydrogens is 346 g/mol. The van der Waals surface area contributed by atoms with E-state index in [0.29, 0.717) is 17.7 Å². The molecule has 0 aromatic heterocycles. The standard InChI is InChI=1S/C17H20BrNO3/c1-5-14(11(3)20)16(6-2)19-10-12-7-8-13(18)9-15(12)17(21)22-4/h5-9,19H,10H2,1-4H3/b14-5-,16-6+. The van der Waals surface area contributed by atoms with Crippen LogP contribution in [0.25, 0.3) is 0 Å². The first-order chi connectivity index (χ1) is 10.4. The second kappa shape index (κ2) is 8.54. The maximum Gasteiger partial charge on any atom is 0.338 e. The molecular formula is C17H20BrNO3. The number of hydrogen-bond donors (Lipinski definition) is 1. The highest BCUT2D eigenvalue weighted by molar-refractivity contribution is 9.10. The maximum absolute atomic E-state index is 11.8. The lowest BCUT2D eigenvalue weighted by Gasteiger charge is -2.14. The molecule has 1 aromatic rings. The molecule has 0 spiro atoms. The van der Waals surface area contributed by atoms with E-state index in [0.717, 1.165) is 15.7 Å². The lowest BCUT2D eigenvalue weighted by atomic mass is 10.1. The van der Waals surface area contributed by atoms with Crippen molar-refractivity contribution >= 4 is 27.7 Å². The van der Waals surface area contributed by atoms with Gasteiger partial charge in [0.2, 0.25) is 0 Å². The van der Waals surface area contributed by atoms with Crippen LogP contribution in [0.5, 0.6) is 0 Å². The average molecular weight is 366 g/mol. The van der Waals surface area contributed by atoms with Crippen molar-refractivity contribution in [2.75, 3.05) is 7.11 Å². The molecule has 0 saturated heterocycles. The summed E-state index contributed by atoms with van der Waals surface area (Å²) >= 11 is 3.35. The molecule has 118 valence electrons. The van der Waals surface area contributed by atoms with E-state index >= 15 is 0 Å². The van der Waals surface area contributed by atoms with Crippen LogP contribution in [0.3, 0.4) is 0 Å². The molecule has 0 aliphatic carbocycles. The monoisotopic (exact) mass is 365 g/mol. The number of carbonyl (C=O) groups is 2. The molecule has 0 unspecified atom stereocenters. The second-order valence-corrected chi connectivity index (χ2v) is 5.52. The first kappa shape index (κ1) is 18.2. The van der Waals surface area contributed by atoms with Gasteiger partial charge in [0.25, 0.3) is 0 Å². The van der Waals surface area contributed by atoms with Gasteiger partial charge in [-0.05, 0) is 38.5 Å². The topological polar surface area (TPSA) is 55.4 Å². The summed E-state index contributed by atoms with van der Waals surface area (Å²) in [5.41, 5.74) is 2.66. The third kappa shape index (κ3) is 4.56. The molecule has 1 aromatic carbocycles. The number of carbonyl (C=O) groups excluding carboxylic acids is 2. The predicted molar refractivity (Wildman–Crippen MR) is 90.5 cm³/mol. The molecule has 0 saturated carbocycles. The zero-order chi connectivity index (χ0) is 16.7. The Hall–Kier alpha value is -1.88. The Morgan fingerprint density at radius 3 is 2.45 bits per heavy atom. The molecule has 1 N–H and O–H groups in total. The van der Waals surface area contributed by atoms with Crippen LogP contribution in [0.15, 0.2) is 46.1 Å². The third-order valence-corrected chi connectivity index (χ3v) is 3.69. The number of methoxy groups -OCH3 is 1. The average Bonchev–Trinajstić information content (AvgIpc) is 2.50. The Morgan fingerprint density at radius 2 is 1.95 bits per heavy atom. The first-order valence-electron chi connectivity index (χ1n) is 6.89. The Morgan fingerprint density at radius 1 is 1.27 bits per heavy atom. The first-order valence-corrected chi connectivity index (χ1v) is 7.68. The van der Waals surface area contributed by atoms with E-state index < -0.39 is 5.97 Å². The molecule has 0 aliphatic heterocycles. The zero-order valence-corrected chi connectivity index (χ0v) is 14.8. The van der Waals surface area contributed by atoms with Gasteiger partial charge in [0, 0.05) is 22.3 Å². The molecule has 5 heteroatoms. The Balaban J connectivity index is 3.01. The zero-order valence-electron chi connectivity index (χ0n) is 13.2. The summed E-state index contributed by atoms with van der Waals surface area (Å²) in [6.45, 7) is 5.63. The van der Waals surface area contributed by atoms with Gasteiger partial charge in [-0.2, -0.15) is 0 Å². The molecule has 0 heterocycles. The summed E-state index contributed by atoms with van der Waals surface area (Å²) < 4.78 is 5.61. The highest BCUT2D eigenvalue weighted by Gasteiger charge is 2.14. The van der Waals surface area contributed by atoms with Crippen LogP contribution in [0.2, 0.25) is 0 Å². The van der Waals surface area contributed by atoms with E-state index in [-0.39, 0.29) is 5.78 Å². The third-order valence-electron chi connectivity index (χ3n) is 3.19. The van der Waals surface area contributed by atoms with Crippen molar-refractivity contribution in [3.05, 3.63) is 57.2 Å². The molecule has 4 nitrogen and oxygen atoms in total. The second-order valence-electron chi connectivity index (χ2n) is 4.61. The van der Waals surface area contributed by atoms with Crippen molar-refractivity contribution in [1.29, 1.82) is 0 Å². The number of nitrogens with one attached hydrogen (secondary N) is 1. The lowest BCUT2D eigenvalue weighted by Crippen LogP contribution is -2.19. The van der Waals surface area contributed by atoms with Crippen LogP contribution >= 0.6 is 15.9 Å². The van der Waals surface area contributed by atoms with Crippen LogP contribution in [-0.4, -0.2) is 18.9 Å². The predicted octanol–water partition coefficient (Wildman–Crippen LogP) is 3.76. The van der Waals surface area contributed by atoms with Crippen LogP contribution in [0, 0.1) is 0 Å². The molecule has 0 radical (unpaired) electrons. The molecule has 0 amide bonds. The van der Waals surface area contributed by atoms with Gasteiger partial charge >= 0.3 is 5.97 Å². The number of Topliss-reactive ketones (excluding diaryl/α,β-unsaturated/α-hetero) is 1. The molecule has 0 fully saturated rings. The summed E-state index contributed by atoms with van der Waals surface area (Å²) in [7, 11) is 1.35. The number of allylic oxidation sites excluding steroid dienone is 3. The summed E-state index contributed by atoms with van der Waals surface area (Å²) in [4.78, 5) is 23.5. The maximum atomic E-state index is 11.8. The molecule has 0 bridgehead atoms. The minimum absolute atomic E-state index is 0.00732. The van der Waals surface area contributed by atoms with Crippen LogP contribution in [0.1, 0.15) is 36.7 Å². The Kier molecular flexibility index (Phi) is 7.05. The Labute approximate surface area is 139 Å². The van der Waals surface area contributed by atoms with E-state index in [4.69, 9.17) is 4.74 Å². The van der Waals surface area contributed by atoms with Crippen LogP contribution in [0.4, 0.5) is 0 Å². The Bertz CT molecular complexity index is 633. The number of benzene rings is 1. The largest absolute Gasteiger partial charge is 0.465 e. The van der Waals surface area contributed by atoms with Gasteiger partial charge < -0.3 is 10.1 Å². The number of ketones is 1. The summed E-state index contributed by atoms with van der Waals surface area (Å²) in [5.74, 6) is -0.398. The van der Waals surface area contributed by atoms with E-state index in [2.05, 4.69) is 21.2 Å². The van der Waals surface area contributed by atoms with Crippen molar-refractivity contribution in [1.82, 2.24) is 5.32 Å². The van der Waals surface area contributed by atoms with Gasteiger partial charge in [0.1, 0.15) is 0 Å². The van der Waals surface area contributed by atoms with E-state index in [9.17, 15) is 9.59 Å². The summed E-state index contributed by atoms with van der Waals surface area (Å²) in [5, 5.41) is 3.21. The van der Waals surface area contributed by atoms with Crippen molar-refractivity contribution in [3.8, 4) is 0 Å². The minimum atomic E-state index is -0.391. The van der Waals surface area contributed by atoms with Gasteiger partial charge in [-0.25, -0.2) is 4.79 Å². The number of halogens is 1. The highest BCUT2D eigenvalue weighted by Crippen LogP contribution is 2.19. The number of ether oxygens (including phenoxy) is 1. The highest BCUT2D eigenvalue weighted by atomic mass is 79.9. The number of hydrogen-bond acceptors (Lipinski definition) is 4. The van der Waals surface area contributed by atoms with Gasteiger partial charge in [-0.3, -0.25) is 4.79 Å². The number of rotatable bonds is 6. The van der Waals surface area contributed by atoms with E-state index in [1.165, 1.54) is 14.0 Å². The van der Waals surface area contributed by atoms with Gasteiger partial charge in [0.05, 0.1) is 12.7 Å². The van der Waals surface area contributed by atoms with Crippen LogP contribution in [-0.2, 0) is 16.1 Å². The normalized spacial score (nSPS) is 12.0. The van der Waals surface area contributed by atoms with Crippen molar-refractivity contribution in [3.63, 3.8) is 0 Å². The molecule has 0 aliphatic rings. The smallest absolute Gasteiger partial charge is 0.338 e. The molecule has 0 atom stereocenters.